The van der Waals surface area contributed by atoms with Crippen LogP contribution in [0.25, 0.3) is 0 Å². The van der Waals surface area contributed by atoms with Crippen molar-refractivity contribution in [3.05, 3.63) is 35.9 Å². The van der Waals surface area contributed by atoms with Gasteiger partial charge in [-0.05, 0) is 51.3 Å². The van der Waals surface area contributed by atoms with Gasteiger partial charge < -0.3 is 15.2 Å². The van der Waals surface area contributed by atoms with E-state index in [1.807, 2.05) is 44.2 Å². The summed E-state index contributed by atoms with van der Waals surface area (Å²) in [6, 6.07) is 9.55. The van der Waals surface area contributed by atoms with Crippen molar-refractivity contribution < 1.29 is 14.6 Å². The van der Waals surface area contributed by atoms with Crippen molar-refractivity contribution in [1.29, 1.82) is 0 Å². The molecule has 0 radical (unpaired) electrons. The Labute approximate surface area is 121 Å². The summed E-state index contributed by atoms with van der Waals surface area (Å²) in [4.78, 5) is 9.76. The summed E-state index contributed by atoms with van der Waals surface area (Å²) in [6.45, 7) is 6.76. The number of hydrogen-bond acceptors (Lipinski definition) is 4. The van der Waals surface area contributed by atoms with E-state index in [-0.39, 0.29) is 0 Å². The van der Waals surface area contributed by atoms with Crippen molar-refractivity contribution in [2.75, 3.05) is 13.1 Å². The molecule has 0 saturated carbocycles. The van der Waals surface area contributed by atoms with Gasteiger partial charge in [0.1, 0.15) is 6.61 Å². The quantitative estimate of drug-likeness (QED) is 0.829. The second kappa shape index (κ2) is 8.72. The number of nitrogens with one attached hydrogen (secondary N) is 1. The zero-order chi connectivity index (χ0) is 14.8. The van der Waals surface area contributed by atoms with E-state index in [0.29, 0.717) is 19.0 Å². The molecule has 0 bridgehead atoms. The zero-order valence-corrected chi connectivity index (χ0v) is 12.3. The van der Waals surface area contributed by atoms with Crippen LogP contribution in [-0.2, 0) is 16.1 Å². The van der Waals surface area contributed by atoms with E-state index in [0.717, 1.165) is 31.5 Å². The van der Waals surface area contributed by atoms with E-state index >= 15 is 0 Å². The van der Waals surface area contributed by atoms with Crippen molar-refractivity contribution >= 4 is 6.47 Å². The molecule has 0 amide bonds. The molecule has 1 saturated heterocycles. The van der Waals surface area contributed by atoms with Crippen LogP contribution in [0.5, 0.6) is 0 Å². The molecule has 1 fully saturated rings. The first kappa shape index (κ1) is 16.7. The average Bonchev–Trinajstić information content (AvgIpc) is 2.47. The van der Waals surface area contributed by atoms with Gasteiger partial charge in [-0.3, -0.25) is 4.79 Å². The van der Waals surface area contributed by atoms with E-state index in [2.05, 4.69) is 10.1 Å². The van der Waals surface area contributed by atoms with Gasteiger partial charge in [0.05, 0.1) is 5.60 Å². The topological polar surface area (TPSA) is 58.6 Å². The fourth-order valence-corrected chi connectivity index (χ4v) is 2.23. The number of aliphatic hydroxyl groups is 1. The van der Waals surface area contributed by atoms with Crippen LogP contribution in [0.4, 0.5) is 0 Å². The molecule has 1 heterocycles. The maximum atomic E-state index is 9.76. The Hall–Kier alpha value is -1.39. The number of benzene rings is 1. The summed E-state index contributed by atoms with van der Waals surface area (Å²) in [5, 5.41) is 12.9. The van der Waals surface area contributed by atoms with Gasteiger partial charge in [-0.25, -0.2) is 0 Å². The van der Waals surface area contributed by atoms with Crippen LogP contribution in [0.15, 0.2) is 30.3 Å². The van der Waals surface area contributed by atoms with Crippen LogP contribution in [0.3, 0.4) is 0 Å². The third-order valence-corrected chi connectivity index (χ3v) is 3.50. The Kier molecular flexibility index (Phi) is 7.26. The van der Waals surface area contributed by atoms with Crippen molar-refractivity contribution in [1.82, 2.24) is 5.32 Å². The predicted molar refractivity (Wildman–Crippen MR) is 79.2 cm³/mol. The fraction of sp³-hybridized carbons (Fsp3) is 0.562. The van der Waals surface area contributed by atoms with Gasteiger partial charge in [-0.15, -0.1) is 0 Å². The highest BCUT2D eigenvalue weighted by atomic mass is 16.5. The minimum atomic E-state index is -0.470. The Morgan fingerprint density at radius 3 is 2.35 bits per heavy atom. The lowest BCUT2D eigenvalue weighted by molar-refractivity contribution is -0.129. The first-order valence-corrected chi connectivity index (χ1v) is 7.06. The molecule has 1 aliphatic heterocycles. The Bertz CT molecular complexity index is 367. The van der Waals surface area contributed by atoms with Gasteiger partial charge in [0.2, 0.25) is 0 Å². The summed E-state index contributed by atoms with van der Waals surface area (Å²) in [5.41, 5.74) is 0.539. The van der Waals surface area contributed by atoms with Crippen LogP contribution < -0.4 is 5.32 Å². The van der Waals surface area contributed by atoms with Gasteiger partial charge in [0.25, 0.3) is 6.47 Å². The summed E-state index contributed by atoms with van der Waals surface area (Å²) in [7, 11) is 0. The van der Waals surface area contributed by atoms with Crippen LogP contribution in [0, 0.1) is 5.92 Å². The molecule has 0 atom stereocenters. The molecular weight excluding hydrogens is 254 g/mol. The molecule has 2 N–H and O–H groups in total. The smallest absolute Gasteiger partial charge is 0.293 e. The van der Waals surface area contributed by atoms with E-state index in [1.165, 1.54) is 0 Å². The van der Waals surface area contributed by atoms with Gasteiger partial charge in [-0.1, -0.05) is 30.3 Å². The van der Waals surface area contributed by atoms with Gasteiger partial charge in [-0.2, -0.15) is 0 Å². The number of carbonyl (C=O) groups excluding carboxylic acids is 1. The molecule has 4 heteroatoms. The molecule has 1 aromatic carbocycles. The molecule has 0 aliphatic carbocycles. The van der Waals surface area contributed by atoms with E-state index in [9.17, 15) is 9.90 Å². The van der Waals surface area contributed by atoms with Crippen LogP contribution in [-0.4, -0.2) is 30.3 Å². The lowest BCUT2D eigenvalue weighted by Crippen LogP contribution is -2.39. The number of carbonyl (C=O) groups is 1. The zero-order valence-electron chi connectivity index (χ0n) is 12.3. The van der Waals surface area contributed by atoms with E-state index < -0.39 is 5.60 Å². The number of rotatable bonds is 4. The molecule has 1 aliphatic rings. The van der Waals surface area contributed by atoms with Crippen LogP contribution >= 0.6 is 0 Å². The second-order valence-corrected chi connectivity index (χ2v) is 5.57. The first-order chi connectivity index (χ1) is 9.54. The molecule has 2 rings (SSSR count). The van der Waals surface area contributed by atoms with Crippen molar-refractivity contribution in [2.45, 2.75) is 38.9 Å². The Morgan fingerprint density at radius 2 is 1.90 bits per heavy atom. The normalized spacial score (nSPS) is 15.9. The Balaban J connectivity index is 0.000000200. The van der Waals surface area contributed by atoms with Gasteiger partial charge in [0, 0.05) is 0 Å². The van der Waals surface area contributed by atoms with Crippen molar-refractivity contribution in [2.24, 2.45) is 5.92 Å². The third-order valence-electron chi connectivity index (χ3n) is 3.50. The van der Waals surface area contributed by atoms with E-state index in [1.54, 1.807) is 0 Å². The highest BCUT2D eigenvalue weighted by Crippen LogP contribution is 2.24. The molecule has 0 spiro atoms. The minimum Gasteiger partial charge on any atom is -0.463 e. The maximum Gasteiger partial charge on any atom is 0.293 e. The first-order valence-electron chi connectivity index (χ1n) is 7.06. The molecule has 0 aromatic heterocycles. The second-order valence-electron chi connectivity index (χ2n) is 5.57. The largest absolute Gasteiger partial charge is 0.463 e. The summed E-state index contributed by atoms with van der Waals surface area (Å²) >= 11 is 0. The van der Waals surface area contributed by atoms with Gasteiger partial charge >= 0.3 is 0 Å². The highest BCUT2D eigenvalue weighted by molar-refractivity contribution is 5.37. The highest BCUT2D eigenvalue weighted by Gasteiger charge is 2.27. The molecule has 4 nitrogen and oxygen atoms in total. The monoisotopic (exact) mass is 279 g/mol. The van der Waals surface area contributed by atoms with Crippen LogP contribution in [0.2, 0.25) is 0 Å². The van der Waals surface area contributed by atoms with Crippen molar-refractivity contribution in [3.8, 4) is 0 Å². The predicted octanol–water partition coefficient (Wildman–Crippen LogP) is 2.12. The minimum absolute atomic E-state index is 0.365. The molecule has 1 aromatic rings. The number of piperidine rings is 1. The number of ether oxygens (including phenoxy) is 1. The number of hydrogen-bond donors (Lipinski definition) is 2. The third kappa shape index (κ3) is 6.68. The standard InChI is InChI=1S/C8H17NO.C8H8O2/c1-8(2,10)7-3-5-9-6-4-7;9-7-10-6-8-4-2-1-3-5-8/h7,9-10H,3-6H2,1-2H3;1-5,7H,6H2. The molecule has 0 unspecified atom stereocenters. The maximum absolute atomic E-state index is 9.76. The summed E-state index contributed by atoms with van der Waals surface area (Å²) in [6.07, 6.45) is 2.23. The fourth-order valence-electron chi connectivity index (χ4n) is 2.23. The summed E-state index contributed by atoms with van der Waals surface area (Å²) < 4.78 is 4.54. The summed E-state index contributed by atoms with van der Waals surface area (Å²) in [5.74, 6) is 0.494. The van der Waals surface area contributed by atoms with E-state index in [4.69, 9.17) is 0 Å². The lowest BCUT2D eigenvalue weighted by atomic mass is 9.84. The van der Waals surface area contributed by atoms with Crippen LogP contribution in [0.1, 0.15) is 32.3 Å². The SMILES string of the molecule is CC(C)(O)C1CCNCC1.O=COCc1ccccc1. The lowest BCUT2D eigenvalue weighted by Gasteiger charge is -2.32. The van der Waals surface area contributed by atoms with Crippen molar-refractivity contribution in [3.63, 3.8) is 0 Å². The molecule has 112 valence electrons. The molecular formula is C16H25NO3. The Morgan fingerprint density at radius 1 is 1.30 bits per heavy atom. The molecule has 20 heavy (non-hydrogen) atoms. The van der Waals surface area contributed by atoms with Gasteiger partial charge in [0.15, 0.2) is 0 Å². The average molecular weight is 279 g/mol.